The van der Waals surface area contributed by atoms with Gasteiger partial charge in [-0.2, -0.15) is 0 Å². The van der Waals surface area contributed by atoms with Gasteiger partial charge in [-0.25, -0.2) is 0 Å². The van der Waals surface area contributed by atoms with Crippen LogP contribution in [0.3, 0.4) is 0 Å². The molecule has 2 heterocycles. The summed E-state index contributed by atoms with van der Waals surface area (Å²) in [6.45, 7) is 3.83. The Kier molecular flexibility index (Phi) is 6.43. The van der Waals surface area contributed by atoms with E-state index in [1.54, 1.807) is 5.56 Å². The third-order valence-electron chi connectivity index (χ3n) is 9.47. The molecule has 1 saturated carbocycles. The van der Waals surface area contributed by atoms with Gasteiger partial charge in [0.05, 0.1) is 12.5 Å². The molecule has 2 saturated heterocycles. The van der Waals surface area contributed by atoms with Gasteiger partial charge in [0, 0.05) is 30.5 Å². The Bertz CT molecular complexity index is 1190. The number of hydrogen-bond acceptors (Lipinski definition) is 3. The summed E-state index contributed by atoms with van der Waals surface area (Å²) in [5, 5.41) is 0. The normalized spacial score (nSPS) is 28.5. The van der Waals surface area contributed by atoms with Crippen LogP contribution in [0.4, 0.5) is 0 Å². The first kappa shape index (κ1) is 23.5. The van der Waals surface area contributed by atoms with Crippen LogP contribution in [0.1, 0.15) is 48.4 Å². The predicted molar refractivity (Wildman–Crippen MR) is 144 cm³/mol. The molecule has 3 nitrogen and oxygen atoms in total. The molecule has 2 aliphatic carbocycles. The molecule has 186 valence electrons. The van der Waals surface area contributed by atoms with Gasteiger partial charge in [-0.15, -0.1) is 0 Å². The molecule has 0 N–H and O–H groups in total. The summed E-state index contributed by atoms with van der Waals surface area (Å²) >= 11 is 0. The number of carbonyl (C=O) groups excluding carboxylic acids is 1. The zero-order valence-electron chi connectivity index (χ0n) is 21.3. The van der Waals surface area contributed by atoms with Crippen molar-refractivity contribution in [1.82, 2.24) is 4.90 Å². The molecular formula is C33H37NO2. The number of carbonyl (C=O) groups is 1. The number of ether oxygens (including phenoxy) is 1. The lowest BCUT2D eigenvalue weighted by Gasteiger charge is -2.65. The van der Waals surface area contributed by atoms with E-state index in [4.69, 9.17) is 4.74 Å². The fourth-order valence-electron chi connectivity index (χ4n) is 7.76. The van der Waals surface area contributed by atoms with E-state index in [2.05, 4.69) is 78.6 Å². The summed E-state index contributed by atoms with van der Waals surface area (Å²) in [6.07, 6.45) is 6.07. The molecule has 0 aromatic heterocycles. The highest BCUT2D eigenvalue weighted by molar-refractivity contribution is 5.74. The molecule has 0 radical (unpaired) electrons. The first-order chi connectivity index (χ1) is 17.7. The topological polar surface area (TPSA) is 29.5 Å². The Morgan fingerprint density at radius 3 is 2.28 bits per heavy atom. The number of benzene rings is 3. The molecule has 7 rings (SSSR count). The van der Waals surface area contributed by atoms with E-state index in [1.807, 2.05) is 18.2 Å². The molecular weight excluding hydrogens is 442 g/mol. The quantitative estimate of drug-likeness (QED) is 0.371. The van der Waals surface area contributed by atoms with Gasteiger partial charge in [0.25, 0.3) is 0 Å². The van der Waals surface area contributed by atoms with E-state index in [0.29, 0.717) is 18.6 Å². The van der Waals surface area contributed by atoms with Crippen LogP contribution >= 0.6 is 0 Å². The summed E-state index contributed by atoms with van der Waals surface area (Å²) in [7, 11) is 0. The van der Waals surface area contributed by atoms with Crippen LogP contribution < -0.4 is 0 Å². The maximum Gasteiger partial charge on any atom is 0.310 e. The van der Waals surface area contributed by atoms with Crippen molar-refractivity contribution >= 4 is 5.97 Å². The van der Waals surface area contributed by atoms with E-state index in [-0.39, 0.29) is 23.3 Å². The van der Waals surface area contributed by atoms with Crippen LogP contribution in [-0.4, -0.2) is 36.1 Å². The number of rotatable bonds is 8. The molecule has 4 aliphatic rings. The molecule has 5 unspecified atom stereocenters. The van der Waals surface area contributed by atoms with Crippen LogP contribution in [0.25, 0.3) is 0 Å². The highest BCUT2D eigenvalue weighted by Gasteiger charge is 2.62. The largest absolute Gasteiger partial charge is 0.465 e. The predicted octanol–water partition coefficient (Wildman–Crippen LogP) is 6.00. The van der Waals surface area contributed by atoms with E-state index in [1.165, 1.54) is 16.7 Å². The SMILES string of the molecule is CCC12CC3C(C(=O)OCCc4ccccc4)CC1C(Cc1ccccc12)N3CCc1ccccc1. The number of nitrogens with zero attached hydrogens (tertiary/aromatic N) is 1. The van der Waals surface area contributed by atoms with Gasteiger partial charge in [-0.1, -0.05) is 91.9 Å². The Morgan fingerprint density at radius 2 is 1.56 bits per heavy atom. The van der Waals surface area contributed by atoms with Gasteiger partial charge in [0.2, 0.25) is 0 Å². The van der Waals surface area contributed by atoms with Crippen LogP contribution in [-0.2, 0) is 34.2 Å². The van der Waals surface area contributed by atoms with Gasteiger partial charge in [-0.3, -0.25) is 9.69 Å². The van der Waals surface area contributed by atoms with Gasteiger partial charge >= 0.3 is 5.97 Å². The molecule has 4 bridgehead atoms. The van der Waals surface area contributed by atoms with Crippen molar-refractivity contribution in [3.63, 3.8) is 0 Å². The number of hydrogen-bond donors (Lipinski definition) is 0. The summed E-state index contributed by atoms with van der Waals surface area (Å²) in [5.74, 6) is 0.496. The van der Waals surface area contributed by atoms with Crippen molar-refractivity contribution in [3.05, 3.63) is 107 Å². The van der Waals surface area contributed by atoms with Crippen molar-refractivity contribution in [1.29, 1.82) is 0 Å². The molecule has 36 heavy (non-hydrogen) atoms. The highest BCUT2D eigenvalue weighted by Crippen LogP contribution is 2.59. The summed E-state index contributed by atoms with van der Waals surface area (Å²) in [5.41, 5.74) is 5.86. The number of fused-ring (bicyclic) bond motifs is 2. The Hall–Kier alpha value is -2.91. The first-order valence-electron chi connectivity index (χ1n) is 13.8. The van der Waals surface area contributed by atoms with E-state index >= 15 is 0 Å². The van der Waals surface area contributed by atoms with E-state index in [9.17, 15) is 4.79 Å². The van der Waals surface area contributed by atoms with Crippen LogP contribution in [0.2, 0.25) is 0 Å². The molecule has 3 aromatic rings. The van der Waals surface area contributed by atoms with Crippen molar-refractivity contribution in [2.45, 2.75) is 62.9 Å². The second-order valence-electron chi connectivity index (χ2n) is 11.0. The number of esters is 1. The third kappa shape index (κ3) is 4.08. The van der Waals surface area contributed by atoms with E-state index < -0.39 is 0 Å². The fraction of sp³-hybridized carbons (Fsp3) is 0.424. The monoisotopic (exact) mass is 479 g/mol. The average Bonchev–Trinajstić information content (AvgIpc) is 2.93. The zero-order valence-corrected chi connectivity index (χ0v) is 21.3. The Balaban J connectivity index is 1.25. The van der Waals surface area contributed by atoms with E-state index in [0.717, 1.165) is 45.1 Å². The maximum atomic E-state index is 13.5. The summed E-state index contributed by atoms with van der Waals surface area (Å²) < 4.78 is 5.94. The highest BCUT2D eigenvalue weighted by atomic mass is 16.5. The second kappa shape index (κ2) is 9.86. The van der Waals surface area contributed by atoms with Gasteiger partial charge < -0.3 is 4.74 Å². The molecule has 0 amide bonds. The second-order valence-corrected chi connectivity index (χ2v) is 11.0. The minimum Gasteiger partial charge on any atom is -0.465 e. The minimum atomic E-state index is -0.0252. The standard InChI is InChI=1S/C33H37NO2/c1-2-33-23-31-27(32(35)36-20-18-25-13-7-4-8-14-25)22-29(33)30(21-26-15-9-10-16-28(26)33)34(31)19-17-24-11-5-3-6-12-24/h3-16,27,29-31H,2,17-23H2,1H3. The Labute approximate surface area is 215 Å². The molecule has 0 spiro atoms. The lowest BCUT2D eigenvalue weighted by Crippen LogP contribution is -2.70. The maximum absolute atomic E-state index is 13.5. The average molecular weight is 480 g/mol. The molecule has 3 aromatic carbocycles. The fourth-order valence-corrected chi connectivity index (χ4v) is 7.76. The smallest absolute Gasteiger partial charge is 0.310 e. The first-order valence-corrected chi connectivity index (χ1v) is 13.8. The summed E-state index contributed by atoms with van der Waals surface area (Å²) in [4.78, 5) is 16.2. The van der Waals surface area contributed by atoms with Crippen molar-refractivity contribution in [2.24, 2.45) is 11.8 Å². The van der Waals surface area contributed by atoms with Crippen LogP contribution in [0, 0.1) is 11.8 Å². The molecule has 3 heteroatoms. The van der Waals surface area contributed by atoms with Crippen LogP contribution in [0.15, 0.2) is 84.9 Å². The van der Waals surface area contributed by atoms with Gasteiger partial charge in [-0.05, 0) is 60.3 Å². The zero-order chi connectivity index (χ0) is 24.5. The van der Waals surface area contributed by atoms with Crippen molar-refractivity contribution < 1.29 is 9.53 Å². The van der Waals surface area contributed by atoms with Crippen molar-refractivity contribution in [2.75, 3.05) is 13.2 Å². The Morgan fingerprint density at radius 1 is 0.889 bits per heavy atom. The van der Waals surface area contributed by atoms with Gasteiger partial charge in [0.1, 0.15) is 0 Å². The van der Waals surface area contributed by atoms with Crippen LogP contribution in [0.5, 0.6) is 0 Å². The molecule has 5 atom stereocenters. The molecule has 3 fully saturated rings. The molecule has 2 aliphatic heterocycles. The summed E-state index contributed by atoms with van der Waals surface area (Å²) in [6, 6.07) is 31.0. The third-order valence-corrected chi connectivity index (χ3v) is 9.47. The lowest BCUT2D eigenvalue weighted by atomic mass is 9.48. The van der Waals surface area contributed by atoms with Gasteiger partial charge in [0.15, 0.2) is 0 Å². The number of piperidine rings is 2. The minimum absolute atomic E-state index is 0.0163. The van der Waals surface area contributed by atoms with Crippen molar-refractivity contribution in [3.8, 4) is 0 Å². The lowest BCUT2D eigenvalue weighted by molar-refractivity contribution is -0.167.